The fraction of sp³-hybridized carbons (Fsp3) is 0.854. The largest absolute Gasteiger partial charge is 0.490 e. The highest BCUT2D eigenvalue weighted by molar-refractivity contribution is 6.01. The van der Waals surface area contributed by atoms with Crippen LogP contribution in [0.4, 0.5) is 5.69 Å². The second-order valence-corrected chi connectivity index (χ2v) is 34.9. The average Bonchev–Trinajstić information content (AvgIpc) is 0.817. The molecular formula is C103H189N3O9. The van der Waals surface area contributed by atoms with Crippen LogP contribution >= 0.6 is 0 Å². The zero-order chi connectivity index (χ0) is 82.9. The van der Waals surface area contributed by atoms with E-state index in [2.05, 4.69) is 57.5 Å². The summed E-state index contributed by atoms with van der Waals surface area (Å²) in [5, 5.41) is 9.04. The molecule has 3 amide bonds. The first-order valence-electron chi connectivity index (χ1n) is 50.7. The minimum Gasteiger partial charge on any atom is -0.490 e. The number of rotatable bonds is 90. The quantitative estimate of drug-likeness (QED) is 0.0552. The normalized spacial score (nSPS) is 12.0. The number of amides is 3. The molecule has 0 aliphatic rings. The second kappa shape index (κ2) is 82.0. The lowest BCUT2D eigenvalue weighted by molar-refractivity contribution is -0.127. The molecule has 0 saturated carbocycles. The molecule has 0 saturated heterocycles. The summed E-state index contributed by atoms with van der Waals surface area (Å²) in [7, 11) is 0. The summed E-state index contributed by atoms with van der Waals surface area (Å²) in [6, 6.07) is 5.34. The minimum absolute atomic E-state index is 0.327. The van der Waals surface area contributed by atoms with Crippen LogP contribution in [0.5, 0.6) is 34.5 Å². The van der Waals surface area contributed by atoms with Crippen LogP contribution < -0.4 is 44.4 Å². The Balaban J connectivity index is 2.40. The fourth-order valence-corrected chi connectivity index (χ4v) is 15.8. The van der Waals surface area contributed by atoms with E-state index in [0.717, 1.165) is 77.0 Å². The van der Waals surface area contributed by atoms with Gasteiger partial charge in [0.1, 0.15) is 12.1 Å². The van der Waals surface area contributed by atoms with Gasteiger partial charge < -0.3 is 44.4 Å². The van der Waals surface area contributed by atoms with E-state index in [1.54, 1.807) is 26.0 Å². The van der Waals surface area contributed by atoms with Gasteiger partial charge in [0, 0.05) is 23.4 Å². The predicted molar refractivity (Wildman–Crippen MR) is 495 cm³/mol. The van der Waals surface area contributed by atoms with Crippen LogP contribution in [0.25, 0.3) is 0 Å². The number of anilines is 1. The SMILES string of the molecule is CCCCCCCCCCCCCCOc1cc(NC(=O)[C@H](C)NC(=O)[C@H](C)NC(=O)c2cc(OCCCCCCCCCCCCCC)c(OCCCCCCCCCCCCCC)c(OCCCCCCCCCCCCCC)c2)cc(OCCCCCCCCCCCCCC)c1OCCCCCCCCCCCCCC. The topological polar surface area (TPSA) is 143 Å². The van der Waals surface area contributed by atoms with Gasteiger partial charge in [0.15, 0.2) is 23.0 Å². The summed E-state index contributed by atoms with van der Waals surface area (Å²) in [6.07, 6.45) is 90.6. The third-order valence-corrected chi connectivity index (χ3v) is 23.6. The lowest BCUT2D eigenvalue weighted by Crippen LogP contribution is -2.50. The van der Waals surface area contributed by atoms with Crippen LogP contribution in [0, 0.1) is 0 Å². The standard InChI is InChI=1S/C103H189N3O9/c1-9-15-21-27-33-39-45-51-57-63-69-75-81-110-95-87-93(88-96(111-82-76-70-64-58-52-46-40-34-28-22-16-10-2)99(95)114-85-79-73-67-61-55-49-43-37-31-25-19-13-5)103(109)105-91(7)101(107)104-92(8)102(108)106-94-89-97(112-83-77-71-65-59-53-47-41-35-29-23-17-11-3)100(115-86-80-74-68-62-56-50-44-38-32-26-20-14-6)98(90-94)113-84-78-72-66-60-54-48-42-36-30-24-18-12-4/h87-92H,9-86H2,1-8H3,(H,104,107)(H,105,109)(H,106,108)/t91-,92-/m0/s1. The summed E-state index contributed by atoms with van der Waals surface area (Å²) in [6.45, 7) is 20.2. The Kier molecular flexibility index (Phi) is 76.1. The number of benzene rings is 2. The minimum atomic E-state index is -0.984. The molecular weight excluding hydrogens is 1420 g/mol. The van der Waals surface area contributed by atoms with Crippen LogP contribution in [-0.2, 0) is 9.59 Å². The maximum Gasteiger partial charge on any atom is 0.252 e. The van der Waals surface area contributed by atoms with Crippen molar-refractivity contribution < 1.29 is 42.8 Å². The molecule has 2 atom stereocenters. The van der Waals surface area contributed by atoms with Crippen molar-refractivity contribution in [2.75, 3.05) is 45.0 Å². The van der Waals surface area contributed by atoms with E-state index in [1.807, 2.05) is 12.1 Å². The van der Waals surface area contributed by atoms with Gasteiger partial charge in [-0.15, -0.1) is 0 Å². The van der Waals surface area contributed by atoms with Gasteiger partial charge in [-0.2, -0.15) is 0 Å². The zero-order valence-corrected chi connectivity index (χ0v) is 77.3. The molecule has 0 fully saturated rings. The van der Waals surface area contributed by atoms with E-state index in [1.165, 1.54) is 385 Å². The summed E-state index contributed by atoms with van der Waals surface area (Å²) in [5.41, 5.74) is 0.836. The number of nitrogens with one attached hydrogen (secondary N) is 3. The Labute approximate surface area is 712 Å². The third kappa shape index (κ3) is 63.3. The van der Waals surface area contributed by atoms with Crippen LogP contribution in [0.3, 0.4) is 0 Å². The first-order valence-corrected chi connectivity index (χ1v) is 50.7. The van der Waals surface area contributed by atoms with Gasteiger partial charge in [0.25, 0.3) is 5.91 Å². The van der Waals surface area contributed by atoms with Crippen LogP contribution in [0.15, 0.2) is 24.3 Å². The Morgan fingerprint density at radius 3 is 0.609 bits per heavy atom. The molecule has 0 aliphatic carbocycles. The van der Waals surface area contributed by atoms with E-state index in [0.29, 0.717) is 85.4 Å². The highest BCUT2D eigenvalue weighted by Gasteiger charge is 2.26. The third-order valence-electron chi connectivity index (χ3n) is 23.6. The van der Waals surface area contributed by atoms with Crippen molar-refractivity contribution in [3.05, 3.63) is 29.8 Å². The van der Waals surface area contributed by atoms with Gasteiger partial charge >= 0.3 is 0 Å². The summed E-state index contributed by atoms with van der Waals surface area (Å²) >= 11 is 0. The Hall–Kier alpha value is -4.35. The summed E-state index contributed by atoms with van der Waals surface area (Å²) in [5.74, 6) is 1.94. The number of carbonyl (C=O) groups excluding carboxylic acids is 3. The van der Waals surface area contributed by atoms with Gasteiger partial charge in [-0.1, -0.05) is 465 Å². The summed E-state index contributed by atoms with van der Waals surface area (Å²) in [4.78, 5) is 43.3. The Bertz CT molecular complexity index is 2370. The molecule has 115 heavy (non-hydrogen) atoms. The van der Waals surface area contributed by atoms with Crippen LogP contribution in [-0.4, -0.2) is 69.4 Å². The maximum absolute atomic E-state index is 14.6. The molecule has 0 spiro atoms. The monoisotopic (exact) mass is 1610 g/mol. The average molecular weight is 1610 g/mol. The lowest BCUT2D eigenvalue weighted by Gasteiger charge is -2.21. The highest BCUT2D eigenvalue weighted by Crippen LogP contribution is 2.43. The smallest absolute Gasteiger partial charge is 0.252 e. The first kappa shape index (κ1) is 107. The van der Waals surface area contributed by atoms with E-state index in [-0.39, 0.29) is 0 Å². The van der Waals surface area contributed by atoms with Gasteiger partial charge in [-0.25, -0.2) is 0 Å². The highest BCUT2D eigenvalue weighted by atomic mass is 16.5. The molecule has 2 aromatic rings. The Morgan fingerprint density at radius 2 is 0.400 bits per heavy atom. The molecule has 0 radical (unpaired) electrons. The zero-order valence-electron chi connectivity index (χ0n) is 77.3. The van der Waals surface area contributed by atoms with Gasteiger partial charge in [-0.3, -0.25) is 14.4 Å². The Morgan fingerprint density at radius 1 is 0.226 bits per heavy atom. The van der Waals surface area contributed by atoms with E-state index in [9.17, 15) is 14.4 Å². The molecule has 2 aromatic carbocycles. The molecule has 0 aromatic heterocycles. The summed E-state index contributed by atoms with van der Waals surface area (Å²) < 4.78 is 40.2. The molecule has 2 rings (SSSR count). The van der Waals surface area contributed by atoms with Crippen molar-refractivity contribution in [2.45, 2.75) is 530 Å². The van der Waals surface area contributed by atoms with Gasteiger partial charge in [0.2, 0.25) is 23.3 Å². The molecule has 0 aliphatic heterocycles. The second-order valence-electron chi connectivity index (χ2n) is 34.9. The van der Waals surface area contributed by atoms with Gasteiger partial charge in [-0.05, 0) is 64.5 Å². The molecule has 12 nitrogen and oxygen atoms in total. The van der Waals surface area contributed by atoms with E-state index in [4.69, 9.17) is 28.4 Å². The molecule has 0 heterocycles. The predicted octanol–water partition coefficient (Wildman–Crippen LogP) is 32.4. The van der Waals surface area contributed by atoms with Crippen LogP contribution in [0.1, 0.15) is 528 Å². The number of hydrogen-bond donors (Lipinski definition) is 3. The van der Waals surface area contributed by atoms with Crippen LogP contribution in [0.2, 0.25) is 0 Å². The van der Waals surface area contributed by atoms with Crippen molar-refractivity contribution in [3.63, 3.8) is 0 Å². The van der Waals surface area contributed by atoms with Crippen molar-refractivity contribution in [1.82, 2.24) is 10.6 Å². The lowest BCUT2D eigenvalue weighted by atomic mass is 10.1. The number of ether oxygens (including phenoxy) is 6. The van der Waals surface area contributed by atoms with Crippen molar-refractivity contribution >= 4 is 23.4 Å². The molecule has 0 unspecified atom stereocenters. The van der Waals surface area contributed by atoms with Crippen molar-refractivity contribution in [3.8, 4) is 34.5 Å². The van der Waals surface area contributed by atoms with E-state index < -0.39 is 29.8 Å². The fourth-order valence-electron chi connectivity index (χ4n) is 15.8. The number of unbranched alkanes of at least 4 members (excludes halogenated alkanes) is 66. The number of carbonyl (C=O) groups is 3. The molecule has 0 bridgehead atoms. The molecule has 3 N–H and O–H groups in total. The maximum atomic E-state index is 14.6. The number of hydrogen-bond acceptors (Lipinski definition) is 9. The van der Waals surface area contributed by atoms with E-state index >= 15 is 0 Å². The van der Waals surface area contributed by atoms with Gasteiger partial charge in [0.05, 0.1) is 39.6 Å². The van der Waals surface area contributed by atoms with Crippen molar-refractivity contribution in [2.24, 2.45) is 0 Å². The molecule has 12 heteroatoms. The molecule has 670 valence electrons. The first-order chi connectivity index (χ1) is 56.6. The van der Waals surface area contributed by atoms with Crippen molar-refractivity contribution in [1.29, 1.82) is 0 Å².